The maximum atomic E-state index is 5.86. The van der Waals surface area contributed by atoms with Crippen molar-refractivity contribution in [3.05, 3.63) is 39.8 Å². The Labute approximate surface area is 106 Å². The van der Waals surface area contributed by atoms with Crippen molar-refractivity contribution in [1.29, 1.82) is 0 Å². The fraction of sp³-hybridized carbons (Fsp3) is 0.308. The molecule has 0 aliphatic rings. The van der Waals surface area contributed by atoms with Gasteiger partial charge in [0, 0.05) is 22.4 Å². The van der Waals surface area contributed by atoms with E-state index in [1.165, 1.54) is 4.88 Å². The Balaban J connectivity index is 1.99. The lowest BCUT2D eigenvalue weighted by Gasteiger charge is -2.06. The van der Waals surface area contributed by atoms with Crippen LogP contribution >= 0.6 is 11.3 Å². The second-order valence-corrected chi connectivity index (χ2v) is 5.20. The van der Waals surface area contributed by atoms with E-state index in [1.807, 2.05) is 31.3 Å². The lowest BCUT2D eigenvalue weighted by molar-refractivity contribution is 1.09. The van der Waals surface area contributed by atoms with E-state index in [-0.39, 0.29) is 0 Å². The Morgan fingerprint density at radius 2 is 2.24 bits per heavy atom. The van der Waals surface area contributed by atoms with Crippen LogP contribution < -0.4 is 11.1 Å². The molecule has 2 rings (SSSR count). The second kappa shape index (κ2) is 5.19. The number of nitrogens with one attached hydrogen (secondary N) is 1. The van der Waals surface area contributed by atoms with Gasteiger partial charge in [0.1, 0.15) is 5.01 Å². The van der Waals surface area contributed by atoms with Crippen molar-refractivity contribution in [1.82, 2.24) is 4.98 Å². The van der Waals surface area contributed by atoms with Gasteiger partial charge in [-0.15, -0.1) is 11.3 Å². The van der Waals surface area contributed by atoms with Crippen LogP contribution in [0.4, 0.5) is 11.4 Å². The molecule has 0 spiro atoms. The second-order valence-electron chi connectivity index (χ2n) is 4.00. The third-order valence-electron chi connectivity index (χ3n) is 2.67. The number of nitrogens with zero attached hydrogens (tertiary/aromatic N) is 1. The summed E-state index contributed by atoms with van der Waals surface area (Å²) in [6, 6.07) is 6.03. The average molecular weight is 247 g/mol. The summed E-state index contributed by atoms with van der Waals surface area (Å²) in [6.07, 6.45) is 3.00. The first-order valence-corrected chi connectivity index (χ1v) is 6.54. The van der Waals surface area contributed by atoms with Gasteiger partial charge in [0.25, 0.3) is 0 Å². The van der Waals surface area contributed by atoms with Gasteiger partial charge in [0.05, 0.1) is 6.54 Å². The molecule has 3 N–H and O–H groups in total. The van der Waals surface area contributed by atoms with Crippen LogP contribution in [0.2, 0.25) is 0 Å². The normalized spacial score (nSPS) is 10.5. The highest BCUT2D eigenvalue weighted by molar-refractivity contribution is 7.11. The summed E-state index contributed by atoms with van der Waals surface area (Å²) >= 11 is 1.75. The van der Waals surface area contributed by atoms with E-state index in [9.17, 15) is 0 Å². The maximum Gasteiger partial charge on any atom is 0.112 e. The molecule has 0 aliphatic carbocycles. The van der Waals surface area contributed by atoms with Gasteiger partial charge in [0.2, 0.25) is 0 Å². The molecule has 0 amide bonds. The smallest absolute Gasteiger partial charge is 0.112 e. The average Bonchev–Trinajstić information content (AvgIpc) is 2.79. The van der Waals surface area contributed by atoms with Crippen LogP contribution in [0.1, 0.15) is 22.4 Å². The number of thiazole rings is 1. The first kappa shape index (κ1) is 11.9. The van der Waals surface area contributed by atoms with E-state index in [4.69, 9.17) is 5.73 Å². The maximum absolute atomic E-state index is 5.86. The zero-order valence-electron chi connectivity index (χ0n) is 10.2. The molecular formula is C13H17N3S. The van der Waals surface area contributed by atoms with Gasteiger partial charge in [-0.05, 0) is 31.0 Å². The summed E-state index contributed by atoms with van der Waals surface area (Å²) in [4.78, 5) is 5.69. The number of aryl methyl sites for hydroxylation is 2. The Kier molecular flexibility index (Phi) is 3.64. The van der Waals surface area contributed by atoms with Crippen LogP contribution in [0.15, 0.2) is 24.4 Å². The zero-order valence-corrected chi connectivity index (χ0v) is 11.0. The van der Waals surface area contributed by atoms with Crippen LogP contribution in [-0.2, 0) is 13.0 Å². The molecule has 90 valence electrons. The van der Waals surface area contributed by atoms with Crippen molar-refractivity contribution in [3.8, 4) is 0 Å². The summed E-state index contributed by atoms with van der Waals surface area (Å²) in [5.41, 5.74) is 8.84. The standard InChI is InChI=1S/C13H17N3S/c1-3-11-7-16-13(17-11)8-15-10-5-4-9(2)12(14)6-10/h4-7,15H,3,8,14H2,1-2H3. The Bertz CT molecular complexity index is 505. The number of benzene rings is 1. The minimum absolute atomic E-state index is 0.757. The summed E-state index contributed by atoms with van der Waals surface area (Å²) in [5.74, 6) is 0. The molecular weight excluding hydrogens is 230 g/mol. The molecule has 1 heterocycles. The van der Waals surface area contributed by atoms with Crippen molar-refractivity contribution in [2.24, 2.45) is 0 Å². The van der Waals surface area contributed by atoms with Crippen LogP contribution in [0.3, 0.4) is 0 Å². The van der Waals surface area contributed by atoms with E-state index in [0.29, 0.717) is 0 Å². The molecule has 0 atom stereocenters. The predicted molar refractivity (Wildman–Crippen MR) is 74.4 cm³/mol. The Hall–Kier alpha value is -1.55. The van der Waals surface area contributed by atoms with Crippen molar-refractivity contribution in [3.63, 3.8) is 0 Å². The largest absolute Gasteiger partial charge is 0.398 e. The van der Waals surface area contributed by atoms with Crippen LogP contribution in [0, 0.1) is 6.92 Å². The fourth-order valence-corrected chi connectivity index (χ4v) is 2.32. The third kappa shape index (κ3) is 2.97. The van der Waals surface area contributed by atoms with Crippen molar-refractivity contribution in [2.45, 2.75) is 26.8 Å². The number of aromatic nitrogens is 1. The molecule has 0 bridgehead atoms. The first-order valence-electron chi connectivity index (χ1n) is 5.72. The highest BCUT2D eigenvalue weighted by Crippen LogP contribution is 2.19. The Morgan fingerprint density at radius 1 is 1.41 bits per heavy atom. The quantitative estimate of drug-likeness (QED) is 0.816. The van der Waals surface area contributed by atoms with E-state index in [1.54, 1.807) is 11.3 Å². The van der Waals surface area contributed by atoms with E-state index in [0.717, 1.165) is 34.9 Å². The predicted octanol–water partition coefficient (Wildman–Crippen LogP) is 3.21. The number of rotatable bonds is 4. The van der Waals surface area contributed by atoms with Crippen molar-refractivity contribution >= 4 is 22.7 Å². The first-order chi connectivity index (χ1) is 8.19. The van der Waals surface area contributed by atoms with Gasteiger partial charge in [-0.1, -0.05) is 13.0 Å². The molecule has 0 unspecified atom stereocenters. The molecule has 0 fully saturated rings. The summed E-state index contributed by atoms with van der Waals surface area (Å²) < 4.78 is 0. The lowest BCUT2D eigenvalue weighted by Crippen LogP contribution is -2.00. The molecule has 17 heavy (non-hydrogen) atoms. The highest BCUT2D eigenvalue weighted by Gasteiger charge is 2.01. The summed E-state index contributed by atoms with van der Waals surface area (Å²) in [7, 11) is 0. The number of nitrogens with two attached hydrogens (primary N) is 1. The molecule has 1 aromatic carbocycles. The fourth-order valence-electron chi connectivity index (χ4n) is 1.52. The molecule has 3 nitrogen and oxygen atoms in total. The van der Waals surface area contributed by atoms with Crippen LogP contribution in [-0.4, -0.2) is 4.98 Å². The molecule has 0 aliphatic heterocycles. The molecule has 1 aromatic heterocycles. The number of hydrogen-bond donors (Lipinski definition) is 2. The van der Waals surface area contributed by atoms with Gasteiger partial charge in [-0.25, -0.2) is 4.98 Å². The molecule has 2 aromatic rings. The van der Waals surface area contributed by atoms with Crippen molar-refractivity contribution < 1.29 is 0 Å². The zero-order chi connectivity index (χ0) is 12.3. The monoisotopic (exact) mass is 247 g/mol. The molecule has 0 saturated carbocycles. The minimum atomic E-state index is 0.757. The molecule has 0 radical (unpaired) electrons. The number of nitrogen functional groups attached to an aromatic ring is 1. The van der Waals surface area contributed by atoms with Gasteiger partial charge in [-0.2, -0.15) is 0 Å². The van der Waals surface area contributed by atoms with Gasteiger partial charge in [0.15, 0.2) is 0 Å². The van der Waals surface area contributed by atoms with Gasteiger partial charge < -0.3 is 11.1 Å². The van der Waals surface area contributed by atoms with E-state index in [2.05, 4.69) is 17.2 Å². The Morgan fingerprint density at radius 3 is 2.88 bits per heavy atom. The molecule has 4 heteroatoms. The van der Waals surface area contributed by atoms with Crippen molar-refractivity contribution in [2.75, 3.05) is 11.1 Å². The third-order valence-corrected chi connectivity index (χ3v) is 3.81. The SMILES string of the molecule is CCc1cnc(CNc2ccc(C)c(N)c2)s1. The van der Waals surface area contributed by atoms with Crippen LogP contribution in [0.5, 0.6) is 0 Å². The summed E-state index contributed by atoms with van der Waals surface area (Å²) in [6.45, 7) is 4.91. The topological polar surface area (TPSA) is 50.9 Å². The molecule has 0 saturated heterocycles. The number of anilines is 2. The number of hydrogen-bond acceptors (Lipinski definition) is 4. The van der Waals surface area contributed by atoms with E-state index < -0.39 is 0 Å². The van der Waals surface area contributed by atoms with Crippen LogP contribution in [0.25, 0.3) is 0 Å². The lowest BCUT2D eigenvalue weighted by atomic mass is 10.2. The van der Waals surface area contributed by atoms with E-state index >= 15 is 0 Å². The van der Waals surface area contributed by atoms with Gasteiger partial charge in [-0.3, -0.25) is 0 Å². The highest BCUT2D eigenvalue weighted by atomic mass is 32.1. The summed E-state index contributed by atoms with van der Waals surface area (Å²) in [5, 5.41) is 4.45. The minimum Gasteiger partial charge on any atom is -0.398 e. The van der Waals surface area contributed by atoms with Gasteiger partial charge >= 0.3 is 0 Å².